The van der Waals surface area contributed by atoms with E-state index >= 15 is 0 Å². The predicted molar refractivity (Wildman–Crippen MR) is 38.7 cm³/mol. The molecule has 0 radical (unpaired) electrons. The Hall–Kier alpha value is -0.660. The summed E-state index contributed by atoms with van der Waals surface area (Å²) in [5.41, 5.74) is 6.71. The van der Waals surface area contributed by atoms with Crippen LogP contribution in [0.1, 0.15) is 13.3 Å². The molecule has 0 amide bonds. The van der Waals surface area contributed by atoms with E-state index in [2.05, 4.69) is 18.9 Å². The van der Waals surface area contributed by atoms with E-state index < -0.39 is 0 Å². The van der Waals surface area contributed by atoms with E-state index in [-0.39, 0.29) is 0 Å². The normalized spacial score (nSPS) is 28.0. The Bertz CT molecular complexity index is 129. The van der Waals surface area contributed by atoms with Crippen LogP contribution in [0.15, 0.2) is 11.9 Å². The Kier molecular flexibility index (Phi) is 1.65. The second kappa shape index (κ2) is 2.29. The standard InChI is InChI=1S/C7H14N2/c1-6-3-4-9(2)5-7(6)8/h5-6H,3-4,8H2,1-2H3. The Morgan fingerprint density at radius 2 is 2.44 bits per heavy atom. The predicted octanol–water partition coefficient (Wildman–Crippen LogP) is 0.758. The van der Waals surface area contributed by atoms with Crippen molar-refractivity contribution in [2.75, 3.05) is 13.6 Å². The molecule has 0 spiro atoms. The maximum atomic E-state index is 5.69. The van der Waals surface area contributed by atoms with Gasteiger partial charge in [0, 0.05) is 25.5 Å². The van der Waals surface area contributed by atoms with E-state index in [1.807, 2.05) is 6.20 Å². The number of hydrogen-bond donors (Lipinski definition) is 1. The molecule has 0 saturated carbocycles. The second-order valence-corrected chi connectivity index (χ2v) is 2.80. The summed E-state index contributed by atoms with van der Waals surface area (Å²) in [4.78, 5) is 2.13. The molecule has 1 unspecified atom stereocenters. The van der Waals surface area contributed by atoms with Gasteiger partial charge in [-0.15, -0.1) is 0 Å². The molecule has 0 aliphatic carbocycles. The third-order valence-electron chi connectivity index (χ3n) is 1.85. The van der Waals surface area contributed by atoms with E-state index in [1.165, 1.54) is 6.42 Å². The zero-order chi connectivity index (χ0) is 6.85. The van der Waals surface area contributed by atoms with Crippen molar-refractivity contribution < 1.29 is 0 Å². The van der Waals surface area contributed by atoms with Gasteiger partial charge in [-0.05, 0) is 12.3 Å². The average molecular weight is 126 g/mol. The van der Waals surface area contributed by atoms with Gasteiger partial charge in [0.2, 0.25) is 0 Å². The van der Waals surface area contributed by atoms with Gasteiger partial charge >= 0.3 is 0 Å². The number of hydrogen-bond acceptors (Lipinski definition) is 2. The lowest BCUT2D eigenvalue weighted by Crippen LogP contribution is -2.25. The summed E-state index contributed by atoms with van der Waals surface area (Å²) >= 11 is 0. The molecule has 9 heavy (non-hydrogen) atoms. The van der Waals surface area contributed by atoms with Crippen LogP contribution in [0.2, 0.25) is 0 Å². The minimum atomic E-state index is 0.584. The number of rotatable bonds is 0. The fraction of sp³-hybridized carbons (Fsp3) is 0.714. The molecule has 2 nitrogen and oxygen atoms in total. The van der Waals surface area contributed by atoms with Crippen LogP contribution in [0.4, 0.5) is 0 Å². The molecule has 0 aromatic carbocycles. The van der Waals surface area contributed by atoms with Crippen molar-refractivity contribution in [1.29, 1.82) is 0 Å². The van der Waals surface area contributed by atoms with Gasteiger partial charge < -0.3 is 10.6 Å². The van der Waals surface area contributed by atoms with Gasteiger partial charge in [0.15, 0.2) is 0 Å². The SMILES string of the molecule is CC1CCN(C)C=C1N. The highest BCUT2D eigenvalue weighted by Gasteiger charge is 2.11. The van der Waals surface area contributed by atoms with Crippen LogP contribution in [-0.4, -0.2) is 18.5 Å². The summed E-state index contributed by atoms with van der Waals surface area (Å²) in [5, 5.41) is 0. The van der Waals surface area contributed by atoms with Crippen LogP contribution in [0.25, 0.3) is 0 Å². The van der Waals surface area contributed by atoms with Gasteiger partial charge in [-0.3, -0.25) is 0 Å². The van der Waals surface area contributed by atoms with Crippen LogP contribution < -0.4 is 5.73 Å². The third-order valence-corrected chi connectivity index (χ3v) is 1.85. The van der Waals surface area contributed by atoms with Gasteiger partial charge in [-0.2, -0.15) is 0 Å². The van der Waals surface area contributed by atoms with Crippen molar-refractivity contribution in [3.05, 3.63) is 11.9 Å². The lowest BCUT2D eigenvalue weighted by molar-refractivity contribution is 0.371. The van der Waals surface area contributed by atoms with Gasteiger partial charge in [0.1, 0.15) is 0 Å². The quantitative estimate of drug-likeness (QED) is 0.519. The Labute approximate surface area is 56.3 Å². The number of nitrogens with two attached hydrogens (primary N) is 1. The smallest absolute Gasteiger partial charge is 0.0271 e. The largest absolute Gasteiger partial charge is 0.401 e. The molecule has 0 fully saturated rings. The first-order chi connectivity index (χ1) is 4.20. The zero-order valence-corrected chi connectivity index (χ0v) is 6.09. The van der Waals surface area contributed by atoms with Gasteiger partial charge in [0.25, 0.3) is 0 Å². The van der Waals surface area contributed by atoms with E-state index in [1.54, 1.807) is 0 Å². The maximum absolute atomic E-state index is 5.69. The first-order valence-electron chi connectivity index (χ1n) is 3.37. The van der Waals surface area contributed by atoms with Crippen LogP contribution in [-0.2, 0) is 0 Å². The molecule has 0 aromatic heterocycles. The molecular formula is C7H14N2. The molecule has 2 N–H and O–H groups in total. The van der Waals surface area contributed by atoms with Gasteiger partial charge in [-0.25, -0.2) is 0 Å². The number of nitrogens with zero attached hydrogens (tertiary/aromatic N) is 1. The van der Waals surface area contributed by atoms with Crippen molar-refractivity contribution in [2.45, 2.75) is 13.3 Å². The van der Waals surface area contributed by atoms with Gasteiger partial charge in [-0.1, -0.05) is 6.92 Å². The summed E-state index contributed by atoms with van der Waals surface area (Å²) in [5.74, 6) is 0.584. The molecule has 1 atom stereocenters. The van der Waals surface area contributed by atoms with E-state index in [0.29, 0.717) is 5.92 Å². The summed E-state index contributed by atoms with van der Waals surface area (Å²) in [7, 11) is 2.05. The van der Waals surface area contributed by atoms with Crippen LogP contribution in [0.5, 0.6) is 0 Å². The first kappa shape index (κ1) is 6.46. The van der Waals surface area contributed by atoms with E-state index in [0.717, 1.165) is 12.2 Å². The Balaban J connectivity index is 2.61. The van der Waals surface area contributed by atoms with E-state index in [4.69, 9.17) is 5.73 Å². The lowest BCUT2D eigenvalue weighted by Gasteiger charge is -2.25. The Morgan fingerprint density at radius 3 is 2.89 bits per heavy atom. The van der Waals surface area contributed by atoms with Crippen molar-refractivity contribution in [3.8, 4) is 0 Å². The third kappa shape index (κ3) is 1.37. The first-order valence-corrected chi connectivity index (χ1v) is 3.37. The van der Waals surface area contributed by atoms with Crippen LogP contribution >= 0.6 is 0 Å². The van der Waals surface area contributed by atoms with Crippen LogP contribution in [0, 0.1) is 5.92 Å². The molecule has 52 valence electrons. The highest BCUT2D eigenvalue weighted by atomic mass is 15.1. The molecule has 0 aromatic rings. The fourth-order valence-corrected chi connectivity index (χ4v) is 1.01. The summed E-state index contributed by atoms with van der Waals surface area (Å²) < 4.78 is 0. The topological polar surface area (TPSA) is 29.3 Å². The van der Waals surface area contributed by atoms with Crippen molar-refractivity contribution in [2.24, 2.45) is 11.7 Å². The highest BCUT2D eigenvalue weighted by Crippen LogP contribution is 2.15. The molecular weight excluding hydrogens is 112 g/mol. The fourth-order valence-electron chi connectivity index (χ4n) is 1.01. The Morgan fingerprint density at radius 1 is 1.78 bits per heavy atom. The summed E-state index contributed by atoms with van der Waals surface area (Å²) in [6, 6.07) is 0. The minimum Gasteiger partial charge on any atom is -0.401 e. The monoisotopic (exact) mass is 126 g/mol. The van der Waals surface area contributed by atoms with Crippen molar-refractivity contribution >= 4 is 0 Å². The van der Waals surface area contributed by atoms with Gasteiger partial charge in [0.05, 0.1) is 0 Å². The highest BCUT2D eigenvalue weighted by molar-refractivity contribution is 5.03. The lowest BCUT2D eigenvalue weighted by atomic mass is 10.0. The zero-order valence-electron chi connectivity index (χ0n) is 6.09. The molecule has 1 rings (SSSR count). The molecule has 0 saturated heterocycles. The van der Waals surface area contributed by atoms with Crippen molar-refractivity contribution in [1.82, 2.24) is 4.90 Å². The molecule has 1 aliphatic heterocycles. The molecule has 1 heterocycles. The van der Waals surface area contributed by atoms with E-state index in [9.17, 15) is 0 Å². The molecule has 1 aliphatic rings. The maximum Gasteiger partial charge on any atom is 0.0271 e. The minimum absolute atomic E-state index is 0.584. The molecule has 0 bridgehead atoms. The van der Waals surface area contributed by atoms with Crippen LogP contribution in [0.3, 0.4) is 0 Å². The summed E-state index contributed by atoms with van der Waals surface area (Å²) in [6.07, 6.45) is 3.22. The van der Waals surface area contributed by atoms with Crippen molar-refractivity contribution in [3.63, 3.8) is 0 Å². The second-order valence-electron chi connectivity index (χ2n) is 2.80. The number of allylic oxidation sites excluding steroid dienone is 1. The molecule has 2 heteroatoms. The average Bonchev–Trinajstić information content (AvgIpc) is 1.80. The summed E-state index contributed by atoms with van der Waals surface area (Å²) in [6.45, 7) is 3.31.